The Kier molecular flexibility index (Phi) is 15.6. The maximum absolute atomic E-state index is 16.7. The summed E-state index contributed by atoms with van der Waals surface area (Å²) in [5.74, 6) is -21.2. The highest BCUT2D eigenvalue weighted by molar-refractivity contribution is 7.86. The van der Waals surface area contributed by atoms with Crippen LogP contribution in [0.3, 0.4) is 0 Å². The molecular weight excluding hydrogens is 1370 g/mol. The second-order valence-corrected chi connectivity index (χ2v) is 34.2. The van der Waals surface area contributed by atoms with Crippen molar-refractivity contribution >= 4 is 92.2 Å². The van der Waals surface area contributed by atoms with Crippen LogP contribution in [0.4, 0.5) is 70.2 Å². The third-order valence-electron chi connectivity index (χ3n) is 17.4. The normalized spacial score (nSPS) is 13.2. The molecule has 0 atom stereocenters. The van der Waals surface area contributed by atoms with Crippen molar-refractivity contribution in [2.45, 2.75) is 5.41 Å². The van der Waals surface area contributed by atoms with Crippen molar-refractivity contribution in [2.75, 3.05) is 0 Å². The molecule has 2 aliphatic carbocycles. The molecule has 4 nitrogen and oxygen atoms in total. The van der Waals surface area contributed by atoms with E-state index in [0.717, 1.165) is 48.5 Å². The minimum Gasteiger partial charge on any atom is -0.309 e. The number of rotatable bonds is 12. The third kappa shape index (κ3) is 10.5. The highest BCUT2D eigenvalue weighted by Crippen LogP contribution is 2.65. The molecule has 0 N–H and O–H groups in total. The fourth-order valence-electron chi connectivity index (χ4n) is 13.5. The largest absolute Gasteiger partial charge is 0.309 e. The smallest absolute Gasteiger partial charge is 0.171 e. The van der Waals surface area contributed by atoms with E-state index in [1.807, 2.05) is 0 Å². The van der Waals surface area contributed by atoms with E-state index in [1.54, 1.807) is 0 Å². The van der Waals surface area contributed by atoms with E-state index in [1.165, 1.54) is 24.3 Å². The predicted octanol–water partition coefficient (Wildman–Crippen LogP) is 14.8. The predicted molar refractivity (Wildman–Crippen MR) is 340 cm³/mol. The highest BCUT2D eigenvalue weighted by atomic mass is 31.2. The summed E-state index contributed by atoms with van der Waals surface area (Å²) in [5.41, 5.74) is -3.38. The molecule has 12 aromatic carbocycles. The van der Waals surface area contributed by atoms with Crippen LogP contribution in [-0.4, -0.2) is 0 Å². The molecule has 0 heterocycles. The van der Waals surface area contributed by atoms with Crippen LogP contribution in [0.2, 0.25) is 0 Å². The number of fused-ring (bicyclic) bond motifs is 10. The van der Waals surface area contributed by atoms with Crippen molar-refractivity contribution in [3.8, 4) is 22.3 Å². The van der Waals surface area contributed by atoms with Crippen molar-refractivity contribution in [1.29, 1.82) is 0 Å². The Bertz CT molecular complexity index is 4570. The molecule has 0 saturated heterocycles. The van der Waals surface area contributed by atoms with E-state index in [9.17, 15) is 0 Å². The molecule has 0 unspecified atom stereocenters. The quantitative estimate of drug-likeness (QED) is 0.0903. The van der Waals surface area contributed by atoms with Gasteiger partial charge in [-0.25, -0.2) is 70.2 Å². The van der Waals surface area contributed by atoms with Crippen molar-refractivity contribution in [3.05, 3.63) is 334 Å². The van der Waals surface area contributed by atoms with Gasteiger partial charge in [-0.2, -0.15) is 0 Å². The van der Waals surface area contributed by atoms with E-state index >= 15 is 88.5 Å². The molecule has 1 spiro atoms. The van der Waals surface area contributed by atoms with E-state index in [-0.39, 0.29) is 44.5 Å². The first kappa shape index (κ1) is 64.8. The third-order valence-corrected chi connectivity index (χ3v) is 29.3. The summed E-state index contributed by atoms with van der Waals surface area (Å²) in [5, 5.41) is -7.67. The molecule has 484 valence electrons. The average Bonchev–Trinajstić information content (AvgIpc) is 1.50. The molecule has 12 aromatic rings. The molecule has 0 aromatic heterocycles. The Morgan fingerprint density at radius 1 is 0.165 bits per heavy atom. The lowest BCUT2D eigenvalue weighted by molar-refractivity contribution is 0.577. The van der Waals surface area contributed by atoms with Crippen LogP contribution in [0, 0.1) is 93.1 Å². The standard InChI is InChI=1S/C73H36F16O4P4/c74-37-9-38(75)18-57(17-37)94(90,58-19-39(76)10-40(77)20-58)53-1-5-65-66-6-2-54(95(91,59-21-41(78)11-42(79)22-59)60-23-43(80)12-44(81)24-60)34-70(66)73(69(65)33-53)71-35-55(96(92,61-25-45(82)13-46(83)26-61)62-27-47(84)14-48(85)28-62)3-7-67(71)68-8-4-56(36-72(68)73)97(93,63-29-49(86)15-50(87)30-63)64-31-51(88)16-52(89)32-64/h1-36H. The summed E-state index contributed by atoms with van der Waals surface area (Å²) >= 11 is 0. The minimum absolute atomic E-state index is 0.00379. The number of benzene rings is 12. The summed E-state index contributed by atoms with van der Waals surface area (Å²) < 4.78 is 318. The van der Waals surface area contributed by atoms with Gasteiger partial charge in [-0.3, -0.25) is 0 Å². The second kappa shape index (κ2) is 23.3. The van der Waals surface area contributed by atoms with E-state index in [0.29, 0.717) is 146 Å². The Morgan fingerprint density at radius 3 is 0.412 bits per heavy atom. The maximum atomic E-state index is 16.7. The monoisotopic (exact) mass is 1400 g/mol. The lowest BCUT2D eigenvalue weighted by Gasteiger charge is -2.33. The van der Waals surface area contributed by atoms with Crippen LogP contribution in [0.5, 0.6) is 0 Å². The fourth-order valence-corrected chi connectivity index (χ4v) is 24.4. The second-order valence-electron chi connectivity index (χ2n) is 23.1. The van der Waals surface area contributed by atoms with Gasteiger partial charge >= 0.3 is 0 Å². The first-order chi connectivity index (χ1) is 46.0. The molecular formula is C73H36F16O4P4. The number of hydrogen-bond acceptors (Lipinski definition) is 4. The lowest BCUT2D eigenvalue weighted by Crippen LogP contribution is -2.33. The van der Waals surface area contributed by atoms with Crippen LogP contribution >= 0.6 is 28.6 Å². The first-order valence-corrected chi connectivity index (χ1v) is 35.6. The van der Waals surface area contributed by atoms with Gasteiger partial charge in [0.2, 0.25) is 0 Å². The first-order valence-electron chi connectivity index (χ1n) is 28.7. The molecule has 0 bridgehead atoms. The number of hydrogen-bond donors (Lipinski definition) is 0. The van der Waals surface area contributed by atoms with Crippen molar-refractivity contribution in [3.63, 3.8) is 0 Å². The zero-order valence-corrected chi connectivity index (χ0v) is 52.3. The van der Waals surface area contributed by atoms with Crippen LogP contribution in [0.1, 0.15) is 22.3 Å². The van der Waals surface area contributed by atoms with Gasteiger partial charge in [0.05, 0.1) is 5.41 Å². The number of halogens is 16. The maximum Gasteiger partial charge on any atom is 0.171 e. The van der Waals surface area contributed by atoms with Gasteiger partial charge in [-0.05, 0) is 166 Å². The van der Waals surface area contributed by atoms with Crippen LogP contribution in [0.15, 0.2) is 218 Å². The van der Waals surface area contributed by atoms with Gasteiger partial charge in [0.1, 0.15) is 93.1 Å². The molecule has 0 saturated carbocycles. The zero-order valence-electron chi connectivity index (χ0n) is 48.8. The van der Waals surface area contributed by atoms with E-state index < -0.39 is 191 Å². The zero-order chi connectivity index (χ0) is 68.7. The summed E-state index contributed by atoms with van der Waals surface area (Å²) in [7, 11) is -20.7. The van der Waals surface area contributed by atoms with E-state index in [2.05, 4.69) is 0 Å². The van der Waals surface area contributed by atoms with Gasteiger partial charge in [0.15, 0.2) is 28.6 Å². The van der Waals surface area contributed by atoms with Crippen LogP contribution in [0.25, 0.3) is 22.3 Å². The lowest BCUT2D eigenvalue weighted by atomic mass is 9.70. The van der Waals surface area contributed by atoms with Crippen LogP contribution < -0.4 is 63.7 Å². The van der Waals surface area contributed by atoms with Gasteiger partial charge in [-0.1, -0.05) is 48.5 Å². The summed E-state index contributed by atoms with van der Waals surface area (Å²) in [4.78, 5) is 0. The molecule has 24 heteroatoms. The van der Waals surface area contributed by atoms with Gasteiger partial charge in [0, 0.05) is 112 Å². The SMILES string of the molecule is O=P(c1cc(F)cc(F)c1)(c1cc(F)cc(F)c1)c1ccc2c(c1)C1(c3cc(P(=O)(c4cc(F)cc(F)c4)c4cc(F)cc(F)c4)ccc3-2)c2cc(P(=O)(c3cc(F)cc(F)c3)c3cc(F)cc(F)c3)ccc2-c2ccc(P(=O)(c3cc(F)cc(F)c3)c3cc(F)cc(F)c3)cc21. The fraction of sp³-hybridized carbons (Fsp3) is 0.0137. The molecule has 0 fully saturated rings. The van der Waals surface area contributed by atoms with Crippen molar-refractivity contribution in [1.82, 2.24) is 0 Å². The summed E-state index contributed by atoms with van der Waals surface area (Å²) in [6.07, 6.45) is 0. The van der Waals surface area contributed by atoms with Gasteiger partial charge in [-0.15, -0.1) is 0 Å². The summed E-state index contributed by atoms with van der Waals surface area (Å²) in [6, 6.07) is 27.6. The van der Waals surface area contributed by atoms with Crippen molar-refractivity contribution in [2.24, 2.45) is 0 Å². The van der Waals surface area contributed by atoms with Gasteiger partial charge < -0.3 is 18.3 Å². The Balaban J connectivity index is 1.19. The molecule has 14 rings (SSSR count). The van der Waals surface area contributed by atoms with Crippen molar-refractivity contribution < 1.29 is 88.5 Å². The average molecular weight is 1400 g/mol. The molecule has 0 radical (unpaired) electrons. The van der Waals surface area contributed by atoms with E-state index in [4.69, 9.17) is 0 Å². The van der Waals surface area contributed by atoms with Gasteiger partial charge in [0.25, 0.3) is 0 Å². The topological polar surface area (TPSA) is 68.3 Å². The van der Waals surface area contributed by atoms with Crippen LogP contribution in [-0.2, 0) is 23.7 Å². The molecule has 97 heavy (non-hydrogen) atoms. The highest BCUT2D eigenvalue weighted by Gasteiger charge is 2.55. The Hall–Kier alpha value is -9.56. The summed E-state index contributed by atoms with van der Waals surface area (Å²) in [6.45, 7) is 0. The Morgan fingerprint density at radius 2 is 0.289 bits per heavy atom. The minimum atomic E-state index is -5.16. The molecule has 0 aliphatic heterocycles. The molecule has 2 aliphatic rings. The molecule has 0 amide bonds. The Labute approximate surface area is 539 Å².